The van der Waals surface area contributed by atoms with Crippen molar-refractivity contribution in [3.63, 3.8) is 0 Å². The number of rotatable bonds is 9. The lowest BCUT2D eigenvalue weighted by molar-refractivity contribution is -0.118. The molecule has 4 aromatic rings. The van der Waals surface area contributed by atoms with Gasteiger partial charge in [-0.25, -0.2) is 4.98 Å². The zero-order valence-electron chi connectivity index (χ0n) is 27.7. The Morgan fingerprint density at radius 3 is 2.20 bits per heavy atom. The van der Waals surface area contributed by atoms with Crippen LogP contribution in [0.5, 0.6) is 0 Å². The molecule has 1 atom stereocenters. The topological polar surface area (TPSA) is 103 Å². The van der Waals surface area contributed by atoms with Gasteiger partial charge in [-0.15, -0.1) is 0 Å². The Bertz CT molecular complexity index is 1780. The van der Waals surface area contributed by atoms with E-state index in [1.54, 1.807) is 12.4 Å². The van der Waals surface area contributed by atoms with Gasteiger partial charge in [-0.05, 0) is 79.1 Å². The van der Waals surface area contributed by atoms with Gasteiger partial charge in [0, 0.05) is 98.4 Å². The predicted octanol–water partition coefficient (Wildman–Crippen LogP) is 5.69. The number of nitrogens with one attached hydrogen (secondary N) is 2. The fourth-order valence-corrected chi connectivity index (χ4v) is 7.04. The Hall–Kier alpha value is -5.15. The van der Waals surface area contributed by atoms with E-state index in [1.165, 1.54) is 5.56 Å². The number of carbonyl (C=O) groups is 2. The Morgan fingerprint density at radius 1 is 0.755 bits per heavy atom. The van der Waals surface area contributed by atoms with Crippen molar-refractivity contribution in [1.82, 2.24) is 30.5 Å². The third-order valence-electron chi connectivity index (χ3n) is 9.90. The van der Waals surface area contributed by atoms with Crippen molar-refractivity contribution in [2.24, 2.45) is 0 Å². The summed E-state index contributed by atoms with van der Waals surface area (Å²) in [6.45, 7) is 4.43. The number of allylic oxidation sites excluding steroid dienone is 3. The molecule has 49 heavy (non-hydrogen) atoms. The standard InChI is InChI=1S/C40H43N7O2/c48-39(32-7-1-5-30(23-32)34-9-3-17-41-26-34)44-36-13-19-46(20-14-36)28-29-11-12-38(43-25-29)47-21-15-37(16-22-47)45-40(49)33-8-2-6-31(24-33)35-10-4-18-42-27-35/h1-12,17-18,23,25-27,31,36-37H,13-16,19-22,24,28H2,(H,44,48)(H,45,49). The fourth-order valence-electron chi connectivity index (χ4n) is 7.04. The first kappa shape index (κ1) is 32.4. The smallest absolute Gasteiger partial charge is 0.251 e. The molecule has 2 aliphatic heterocycles. The molecule has 0 bridgehead atoms. The second kappa shape index (κ2) is 15.4. The maximum Gasteiger partial charge on any atom is 0.251 e. The number of benzene rings is 1. The van der Waals surface area contributed by atoms with Gasteiger partial charge < -0.3 is 15.5 Å². The number of pyridine rings is 3. The van der Waals surface area contributed by atoms with Crippen LogP contribution in [0.1, 0.15) is 59.5 Å². The maximum atomic E-state index is 13.1. The molecular formula is C40H43N7O2. The monoisotopic (exact) mass is 653 g/mol. The van der Waals surface area contributed by atoms with E-state index >= 15 is 0 Å². The first-order valence-corrected chi connectivity index (χ1v) is 17.4. The van der Waals surface area contributed by atoms with Crippen molar-refractivity contribution in [2.75, 3.05) is 31.1 Å². The largest absolute Gasteiger partial charge is 0.356 e. The molecule has 1 aliphatic carbocycles. The lowest BCUT2D eigenvalue weighted by atomic mass is 9.88. The molecular weight excluding hydrogens is 610 g/mol. The van der Waals surface area contributed by atoms with Gasteiger partial charge >= 0.3 is 0 Å². The minimum atomic E-state index is -0.0237. The van der Waals surface area contributed by atoms with Gasteiger partial charge in [0.05, 0.1) is 0 Å². The van der Waals surface area contributed by atoms with Crippen molar-refractivity contribution in [1.29, 1.82) is 0 Å². The van der Waals surface area contributed by atoms with Crippen molar-refractivity contribution < 1.29 is 9.59 Å². The lowest BCUT2D eigenvalue weighted by Crippen LogP contribution is -2.45. The number of likely N-dealkylation sites (tertiary alicyclic amines) is 1. The van der Waals surface area contributed by atoms with Gasteiger partial charge in [0.25, 0.3) is 5.91 Å². The van der Waals surface area contributed by atoms with E-state index in [0.29, 0.717) is 12.0 Å². The van der Waals surface area contributed by atoms with Crippen LogP contribution in [0.3, 0.4) is 0 Å². The molecule has 2 fully saturated rings. The van der Waals surface area contributed by atoms with Crippen LogP contribution in [-0.4, -0.2) is 69.9 Å². The van der Waals surface area contributed by atoms with Crippen LogP contribution in [0.25, 0.3) is 11.1 Å². The van der Waals surface area contributed by atoms with E-state index in [9.17, 15) is 9.59 Å². The number of aromatic nitrogens is 3. The molecule has 0 saturated carbocycles. The molecule has 3 aliphatic rings. The van der Waals surface area contributed by atoms with Gasteiger partial charge in [0.2, 0.25) is 5.91 Å². The van der Waals surface area contributed by atoms with Crippen LogP contribution >= 0.6 is 0 Å². The van der Waals surface area contributed by atoms with Crippen LogP contribution in [-0.2, 0) is 11.3 Å². The van der Waals surface area contributed by atoms with Gasteiger partial charge in [-0.3, -0.25) is 24.5 Å². The summed E-state index contributed by atoms with van der Waals surface area (Å²) in [6, 6.07) is 20.3. The Morgan fingerprint density at radius 2 is 1.49 bits per heavy atom. The molecule has 2 saturated heterocycles. The highest BCUT2D eigenvalue weighted by molar-refractivity contribution is 5.95. The highest BCUT2D eigenvalue weighted by atomic mass is 16.2. The number of hydrogen-bond donors (Lipinski definition) is 2. The summed E-state index contributed by atoms with van der Waals surface area (Å²) in [4.78, 5) is 44.1. The highest BCUT2D eigenvalue weighted by Gasteiger charge is 2.25. The van der Waals surface area contributed by atoms with Crippen LogP contribution in [0, 0.1) is 0 Å². The number of carbonyl (C=O) groups excluding carboxylic acids is 2. The molecule has 7 rings (SSSR count). The second-order valence-electron chi connectivity index (χ2n) is 13.3. The molecule has 9 heteroatoms. The number of piperidine rings is 2. The van der Waals surface area contributed by atoms with Crippen LogP contribution in [0.15, 0.2) is 115 Å². The first-order valence-electron chi connectivity index (χ1n) is 17.4. The third-order valence-corrected chi connectivity index (χ3v) is 9.90. The van der Waals surface area contributed by atoms with Gasteiger partial charge in [0.15, 0.2) is 0 Å². The molecule has 1 unspecified atom stereocenters. The summed E-state index contributed by atoms with van der Waals surface area (Å²) in [5.41, 5.74) is 5.82. The Kier molecular flexibility index (Phi) is 10.2. The number of amides is 2. The zero-order valence-corrected chi connectivity index (χ0v) is 27.7. The normalized spacial score (nSPS) is 18.9. The third kappa shape index (κ3) is 8.29. The summed E-state index contributed by atoms with van der Waals surface area (Å²) in [5, 5.41) is 6.53. The average Bonchev–Trinajstić information content (AvgIpc) is 3.17. The van der Waals surface area contributed by atoms with Gasteiger partial charge in [0.1, 0.15) is 5.82 Å². The zero-order chi connectivity index (χ0) is 33.4. The Labute approximate surface area is 288 Å². The lowest BCUT2D eigenvalue weighted by Gasteiger charge is -2.34. The maximum absolute atomic E-state index is 13.1. The quantitative estimate of drug-likeness (QED) is 0.239. The molecule has 5 heterocycles. The van der Waals surface area contributed by atoms with E-state index in [0.717, 1.165) is 86.5 Å². The SMILES string of the molecule is O=C(NC1CCN(c2ccc(CN3CCC(NC(=O)c4cccc(-c5cccnc5)c4)CC3)cn2)CC1)C1=CC=CC(c2cccnc2)C1. The summed E-state index contributed by atoms with van der Waals surface area (Å²) in [6.07, 6.45) is 19.6. The van der Waals surface area contributed by atoms with E-state index in [2.05, 4.69) is 54.7 Å². The molecule has 0 radical (unpaired) electrons. The minimum absolute atomic E-state index is 0.0237. The number of hydrogen-bond acceptors (Lipinski definition) is 7. The van der Waals surface area contributed by atoms with Crippen molar-refractivity contribution >= 4 is 17.6 Å². The summed E-state index contributed by atoms with van der Waals surface area (Å²) < 4.78 is 0. The fraction of sp³-hybridized carbons (Fsp3) is 0.325. The summed E-state index contributed by atoms with van der Waals surface area (Å²) >= 11 is 0. The van der Waals surface area contributed by atoms with Crippen LogP contribution < -0.4 is 15.5 Å². The van der Waals surface area contributed by atoms with E-state index in [1.807, 2.05) is 73.2 Å². The van der Waals surface area contributed by atoms with Crippen molar-refractivity contribution in [3.05, 3.63) is 132 Å². The van der Waals surface area contributed by atoms with E-state index < -0.39 is 0 Å². The molecule has 2 amide bonds. The molecule has 0 spiro atoms. The van der Waals surface area contributed by atoms with Crippen LogP contribution in [0.4, 0.5) is 5.82 Å². The van der Waals surface area contributed by atoms with Crippen LogP contribution in [0.2, 0.25) is 0 Å². The average molecular weight is 654 g/mol. The van der Waals surface area contributed by atoms with E-state index in [-0.39, 0.29) is 29.8 Å². The molecule has 2 N–H and O–H groups in total. The Balaban J connectivity index is 0.829. The molecule has 250 valence electrons. The molecule has 3 aromatic heterocycles. The highest BCUT2D eigenvalue weighted by Crippen LogP contribution is 2.29. The number of anilines is 1. The summed E-state index contributed by atoms with van der Waals surface area (Å²) in [7, 11) is 0. The van der Waals surface area contributed by atoms with Crippen molar-refractivity contribution in [2.45, 2.75) is 56.7 Å². The summed E-state index contributed by atoms with van der Waals surface area (Å²) in [5.74, 6) is 1.19. The van der Waals surface area contributed by atoms with Crippen molar-refractivity contribution in [3.8, 4) is 11.1 Å². The predicted molar refractivity (Wildman–Crippen MR) is 192 cm³/mol. The second-order valence-corrected chi connectivity index (χ2v) is 13.3. The minimum Gasteiger partial charge on any atom is -0.356 e. The first-order chi connectivity index (χ1) is 24.1. The van der Waals surface area contributed by atoms with Gasteiger partial charge in [-0.1, -0.05) is 48.6 Å². The number of nitrogens with zero attached hydrogens (tertiary/aromatic N) is 5. The van der Waals surface area contributed by atoms with E-state index in [4.69, 9.17) is 4.98 Å². The van der Waals surface area contributed by atoms with Gasteiger partial charge in [-0.2, -0.15) is 0 Å². The molecule has 9 nitrogen and oxygen atoms in total. The molecule has 1 aromatic carbocycles.